The molecule has 21 heavy (non-hydrogen) atoms. The average molecular weight is 304 g/mol. The summed E-state index contributed by atoms with van der Waals surface area (Å²) in [4.78, 5) is 16.1. The molecule has 1 atom stereocenters. The molecule has 1 unspecified atom stereocenters. The highest BCUT2D eigenvalue weighted by atomic mass is 32.2. The number of aromatic nitrogens is 1. The van der Waals surface area contributed by atoms with Gasteiger partial charge in [0.25, 0.3) is 5.91 Å². The summed E-state index contributed by atoms with van der Waals surface area (Å²) in [6, 6.07) is 6.54. The van der Waals surface area contributed by atoms with Crippen LogP contribution in [-0.2, 0) is 4.79 Å². The van der Waals surface area contributed by atoms with Crippen LogP contribution in [0.1, 0.15) is 22.9 Å². The highest BCUT2D eigenvalue weighted by Gasteiger charge is 2.30. The molecule has 0 aliphatic carbocycles. The zero-order chi connectivity index (χ0) is 15.1. The van der Waals surface area contributed by atoms with E-state index in [0.29, 0.717) is 15.6 Å². The lowest BCUT2D eigenvalue weighted by Gasteiger charge is -2.08. The van der Waals surface area contributed by atoms with Crippen molar-refractivity contribution < 1.29 is 14.3 Å². The fourth-order valence-corrected chi connectivity index (χ4v) is 3.29. The van der Waals surface area contributed by atoms with Crippen molar-refractivity contribution in [3.05, 3.63) is 46.9 Å². The van der Waals surface area contributed by atoms with Crippen molar-refractivity contribution in [3.63, 3.8) is 0 Å². The fourth-order valence-electron chi connectivity index (χ4n) is 2.29. The van der Waals surface area contributed by atoms with Crippen LogP contribution < -0.4 is 5.32 Å². The summed E-state index contributed by atoms with van der Waals surface area (Å²) in [5.74, 6) is -1.01. The van der Waals surface area contributed by atoms with E-state index in [2.05, 4.69) is 10.3 Å². The minimum absolute atomic E-state index is 0.273. The second kappa shape index (κ2) is 5.13. The Labute approximate surface area is 125 Å². The number of hydrogen-bond acceptors (Lipinski definition) is 4. The van der Waals surface area contributed by atoms with E-state index in [1.165, 1.54) is 23.9 Å². The first-order valence-electron chi connectivity index (χ1n) is 6.39. The number of nitrogens with one attached hydrogen (secondary N) is 1. The summed E-state index contributed by atoms with van der Waals surface area (Å²) in [5.41, 5.74) is 2.63. The largest absolute Gasteiger partial charge is 0.378 e. The van der Waals surface area contributed by atoms with E-state index >= 15 is 0 Å². The lowest BCUT2D eigenvalue weighted by molar-refractivity contribution is -0.123. The van der Waals surface area contributed by atoms with Crippen LogP contribution in [0.5, 0.6) is 0 Å². The van der Waals surface area contributed by atoms with Crippen LogP contribution in [0.2, 0.25) is 0 Å². The van der Waals surface area contributed by atoms with Gasteiger partial charge in [-0.3, -0.25) is 4.79 Å². The van der Waals surface area contributed by atoms with E-state index in [4.69, 9.17) is 0 Å². The van der Waals surface area contributed by atoms with Gasteiger partial charge in [-0.2, -0.15) is 0 Å². The number of nitrogens with zero attached hydrogens (tertiary/aromatic N) is 1. The second-order valence-corrected chi connectivity index (χ2v) is 6.05. The number of hydrogen-bond donors (Lipinski definition) is 2. The molecule has 1 aromatic carbocycles. The maximum absolute atomic E-state index is 14.1. The standard InChI is InChI=1S/C15H13FN2O2S/c1-7-3-8(2)17-13(4-7)21-12-6-11-9(5-10(12)16)14(19)15(20)18-11/h3-6,14,19H,1-2H3,(H,18,20). The molecule has 108 valence electrons. The lowest BCUT2D eigenvalue weighted by Crippen LogP contribution is -2.10. The van der Waals surface area contributed by atoms with Crippen LogP contribution in [0.15, 0.2) is 34.2 Å². The van der Waals surface area contributed by atoms with Gasteiger partial charge in [-0.1, -0.05) is 11.8 Å². The van der Waals surface area contributed by atoms with Gasteiger partial charge in [-0.05, 0) is 43.7 Å². The number of carbonyl (C=O) groups is 1. The van der Waals surface area contributed by atoms with Crippen molar-refractivity contribution >= 4 is 23.4 Å². The van der Waals surface area contributed by atoms with Crippen LogP contribution in [-0.4, -0.2) is 16.0 Å². The number of halogens is 1. The number of aliphatic hydroxyl groups excluding tert-OH is 1. The minimum atomic E-state index is -1.30. The summed E-state index contributed by atoms with van der Waals surface area (Å²) in [6.07, 6.45) is -1.30. The van der Waals surface area contributed by atoms with Crippen molar-refractivity contribution in [2.24, 2.45) is 0 Å². The Morgan fingerprint density at radius 2 is 2.05 bits per heavy atom. The Morgan fingerprint density at radius 1 is 1.29 bits per heavy atom. The third-order valence-corrected chi connectivity index (χ3v) is 4.14. The van der Waals surface area contributed by atoms with Gasteiger partial charge in [0.05, 0.1) is 4.90 Å². The molecule has 0 fully saturated rings. The van der Waals surface area contributed by atoms with Crippen molar-refractivity contribution in [2.75, 3.05) is 5.32 Å². The summed E-state index contributed by atoms with van der Waals surface area (Å²) in [7, 11) is 0. The third kappa shape index (κ3) is 2.64. The number of amides is 1. The first-order valence-corrected chi connectivity index (χ1v) is 7.21. The Bertz CT molecular complexity index is 728. The van der Waals surface area contributed by atoms with E-state index in [1.807, 2.05) is 26.0 Å². The number of aryl methyl sites for hydroxylation is 2. The number of anilines is 1. The van der Waals surface area contributed by atoms with Crippen molar-refractivity contribution in [2.45, 2.75) is 29.9 Å². The van der Waals surface area contributed by atoms with Crippen LogP contribution >= 0.6 is 11.8 Å². The fraction of sp³-hybridized carbons (Fsp3) is 0.200. The van der Waals surface area contributed by atoms with Gasteiger partial charge in [0.2, 0.25) is 0 Å². The van der Waals surface area contributed by atoms with Gasteiger partial charge < -0.3 is 10.4 Å². The molecular weight excluding hydrogens is 291 g/mol. The number of aliphatic hydroxyl groups is 1. The number of rotatable bonds is 2. The van der Waals surface area contributed by atoms with Crippen LogP contribution in [0, 0.1) is 19.7 Å². The third-order valence-electron chi connectivity index (χ3n) is 3.19. The predicted molar refractivity (Wildman–Crippen MR) is 77.8 cm³/mol. The summed E-state index contributed by atoms with van der Waals surface area (Å²) in [6.45, 7) is 3.83. The Balaban J connectivity index is 1.97. The van der Waals surface area contributed by atoms with Gasteiger partial charge in [-0.25, -0.2) is 9.37 Å². The monoisotopic (exact) mass is 304 g/mol. The summed E-state index contributed by atoms with van der Waals surface area (Å²) >= 11 is 1.19. The number of pyridine rings is 1. The zero-order valence-corrected chi connectivity index (χ0v) is 12.3. The van der Waals surface area contributed by atoms with E-state index in [-0.39, 0.29) is 5.56 Å². The van der Waals surface area contributed by atoms with Gasteiger partial charge in [-0.15, -0.1) is 0 Å². The molecular formula is C15H13FN2O2S. The van der Waals surface area contributed by atoms with Crippen molar-refractivity contribution in [3.8, 4) is 0 Å². The Hall–Kier alpha value is -1.92. The number of fused-ring (bicyclic) bond motifs is 1. The maximum atomic E-state index is 14.1. The second-order valence-electron chi connectivity index (χ2n) is 4.99. The van der Waals surface area contributed by atoms with E-state index < -0.39 is 17.8 Å². The van der Waals surface area contributed by atoms with Crippen LogP contribution in [0.4, 0.5) is 10.1 Å². The first kappa shape index (κ1) is 14.0. The SMILES string of the molecule is Cc1cc(C)nc(Sc2cc3c(cc2F)C(O)C(=O)N3)c1. The molecule has 1 aromatic heterocycles. The van der Waals surface area contributed by atoms with E-state index in [1.54, 1.807) is 0 Å². The smallest absolute Gasteiger partial charge is 0.257 e. The lowest BCUT2D eigenvalue weighted by atomic mass is 10.1. The van der Waals surface area contributed by atoms with Gasteiger partial charge in [0.15, 0.2) is 6.10 Å². The highest BCUT2D eigenvalue weighted by molar-refractivity contribution is 7.99. The van der Waals surface area contributed by atoms with Crippen LogP contribution in [0.25, 0.3) is 0 Å². The normalized spacial score (nSPS) is 16.8. The summed E-state index contributed by atoms with van der Waals surface area (Å²) < 4.78 is 14.1. The zero-order valence-electron chi connectivity index (χ0n) is 11.5. The molecule has 1 aliphatic rings. The van der Waals surface area contributed by atoms with E-state index in [0.717, 1.165) is 11.3 Å². The quantitative estimate of drug-likeness (QED) is 0.895. The van der Waals surface area contributed by atoms with Crippen molar-refractivity contribution in [1.29, 1.82) is 0 Å². The maximum Gasteiger partial charge on any atom is 0.257 e. The molecule has 0 saturated heterocycles. The summed E-state index contributed by atoms with van der Waals surface area (Å²) in [5, 5.41) is 12.9. The molecule has 0 saturated carbocycles. The molecule has 2 N–H and O–H groups in total. The molecule has 0 spiro atoms. The average Bonchev–Trinajstić information content (AvgIpc) is 2.65. The van der Waals surface area contributed by atoms with Gasteiger partial charge in [0.1, 0.15) is 10.8 Å². The molecule has 0 radical (unpaired) electrons. The Kier molecular flexibility index (Phi) is 3.43. The molecule has 1 amide bonds. The molecule has 0 bridgehead atoms. The number of carbonyl (C=O) groups excluding carboxylic acids is 1. The minimum Gasteiger partial charge on any atom is -0.378 e. The van der Waals surface area contributed by atoms with Gasteiger partial charge >= 0.3 is 0 Å². The predicted octanol–water partition coefficient (Wildman–Crippen LogP) is 2.97. The number of benzene rings is 1. The van der Waals surface area contributed by atoms with Crippen LogP contribution in [0.3, 0.4) is 0 Å². The topological polar surface area (TPSA) is 62.2 Å². The molecule has 3 rings (SSSR count). The molecule has 4 nitrogen and oxygen atoms in total. The van der Waals surface area contributed by atoms with Crippen molar-refractivity contribution in [1.82, 2.24) is 4.98 Å². The Morgan fingerprint density at radius 3 is 2.76 bits per heavy atom. The highest BCUT2D eigenvalue weighted by Crippen LogP contribution is 2.38. The van der Waals surface area contributed by atoms with E-state index in [9.17, 15) is 14.3 Å². The molecule has 2 aromatic rings. The molecule has 6 heteroatoms. The van der Waals surface area contributed by atoms with Gasteiger partial charge in [0, 0.05) is 16.9 Å². The first-order chi connectivity index (χ1) is 9.94. The molecule has 1 aliphatic heterocycles. The molecule has 2 heterocycles.